The minimum Gasteiger partial charge on any atom is -0.576 e. The average Bonchev–Trinajstić information content (AvgIpc) is 1.59. The summed E-state index contributed by atoms with van der Waals surface area (Å²) in [5, 5.41) is 6.74. The summed E-state index contributed by atoms with van der Waals surface area (Å²) in [7, 11) is 0. The van der Waals surface area contributed by atoms with Crippen molar-refractivity contribution in [3.8, 4) is 113 Å². The Labute approximate surface area is 620 Å². The molecule has 18 aromatic rings. The van der Waals surface area contributed by atoms with Crippen LogP contribution in [0.5, 0.6) is 17.2 Å². The summed E-state index contributed by atoms with van der Waals surface area (Å²) in [6, 6.07) is 65.9. The van der Waals surface area contributed by atoms with Gasteiger partial charge in [-0.2, -0.15) is 0 Å². The molecule has 0 bridgehead atoms. The van der Waals surface area contributed by atoms with Gasteiger partial charge in [0.15, 0.2) is 0 Å². The van der Waals surface area contributed by atoms with Crippen LogP contribution in [-0.4, -0.2) is 30.1 Å². The number of fused-ring (bicyclic) bond motifs is 6. The van der Waals surface area contributed by atoms with Crippen LogP contribution in [0.2, 0.25) is 0 Å². The minimum atomic E-state index is -3.41. The summed E-state index contributed by atoms with van der Waals surface area (Å²) < 4.78 is 25.9. The van der Waals surface area contributed by atoms with Crippen molar-refractivity contribution in [2.75, 3.05) is 0 Å². The Hall–Kier alpha value is -8.44. The molecule has 0 radical (unpaired) electrons. The maximum absolute atomic E-state index is 7.36. The smallest absolute Gasteiger partial charge is 0.576 e. The quantitative estimate of drug-likeness (QED) is 0.0953. The first-order valence-electron chi connectivity index (χ1n) is 33.0. The van der Waals surface area contributed by atoms with Crippen LogP contribution in [0, 0.1) is 62.3 Å². The van der Waals surface area contributed by atoms with Gasteiger partial charge in [0.2, 0.25) is 0 Å². The lowest BCUT2D eigenvalue weighted by Gasteiger charge is -2.20. The summed E-state index contributed by atoms with van der Waals surface area (Å²) >= 11 is 13.3. The van der Waals surface area contributed by atoms with Gasteiger partial charge in [-0.15, -0.1) is 102 Å². The lowest BCUT2D eigenvalue weighted by atomic mass is 9.98. The SMILES string of the molecule is Cc1cc(-c2sc3ccccc3c2-c2cc(-c3ccc([O][Al]([O]c4ccc(-c5cc(-c6c(-c7cc(C)sc7C)sc7ccccc67)c(C)s5)c5cccnc45)[O]c4ccc(-c5cc(-c6c(-c7cc(C)sc7C)sc7ccccc67)c(C)s5)c5cccnc45)c4ncccc34)sc2C)c(C)s1. The van der Waals surface area contributed by atoms with E-state index in [4.69, 9.17) is 26.3 Å². The molecule has 0 fully saturated rings. The molecule has 486 valence electrons. The molecule has 16 heteroatoms. The van der Waals surface area contributed by atoms with Gasteiger partial charge in [-0.3, -0.25) is 15.0 Å². The summed E-state index contributed by atoms with van der Waals surface area (Å²) in [6.07, 6.45) is 5.53. The second-order valence-electron chi connectivity index (χ2n) is 25.3. The van der Waals surface area contributed by atoms with Crippen molar-refractivity contribution in [1.82, 2.24) is 15.0 Å². The van der Waals surface area contributed by atoms with Crippen molar-refractivity contribution in [2.24, 2.45) is 0 Å². The van der Waals surface area contributed by atoms with Crippen molar-refractivity contribution < 1.29 is 11.4 Å². The Morgan fingerprint density at radius 1 is 0.260 bits per heavy atom. The number of thiophene rings is 9. The summed E-state index contributed by atoms with van der Waals surface area (Å²) in [5.74, 6) is 1.68. The molecule has 0 spiro atoms. The second-order valence-corrected chi connectivity index (χ2v) is 37.9. The van der Waals surface area contributed by atoms with Gasteiger partial charge in [-0.25, -0.2) is 0 Å². The van der Waals surface area contributed by atoms with E-state index in [0.717, 1.165) is 47.5 Å². The normalized spacial score (nSPS) is 11.8. The lowest BCUT2D eigenvalue weighted by Crippen LogP contribution is -2.37. The van der Waals surface area contributed by atoms with Crippen LogP contribution in [0.3, 0.4) is 0 Å². The zero-order chi connectivity index (χ0) is 67.8. The van der Waals surface area contributed by atoms with Crippen molar-refractivity contribution in [3.63, 3.8) is 0 Å². The molecular formula is C84H60AlN3O3S9. The molecule has 0 saturated carbocycles. The highest BCUT2D eigenvalue weighted by Crippen LogP contribution is 2.55. The Bertz CT molecular complexity index is 5720. The van der Waals surface area contributed by atoms with E-state index < -0.39 is 15.1 Å². The lowest BCUT2D eigenvalue weighted by molar-refractivity contribution is 0.311. The maximum atomic E-state index is 7.36. The Balaban J connectivity index is 0.744. The molecule has 18 rings (SSSR count). The van der Waals surface area contributed by atoms with E-state index in [9.17, 15) is 0 Å². The predicted molar refractivity (Wildman–Crippen MR) is 438 cm³/mol. The van der Waals surface area contributed by atoms with Crippen LogP contribution < -0.4 is 11.4 Å². The minimum absolute atomic E-state index is 0.561. The third kappa shape index (κ3) is 11.0. The van der Waals surface area contributed by atoms with Crippen molar-refractivity contribution >= 4 is 180 Å². The molecule has 0 atom stereocenters. The molecule has 12 aromatic heterocycles. The van der Waals surface area contributed by atoms with Gasteiger partial charge in [0.25, 0.3) is 0 Å². The highest BCUT2D eigenvalue weighted by Gasteiger charge is 2.46. The molecule has 0 aliphatic rings. The molecule has 0 aliphatic heterocycles. The zero-order valence-electron chi connectivity index (χ0n) is 55.9. The molecule has 6 aromatic carbocycles. The van der Waals surface area contributed by atoms with Gasteiger partial charge in [-0.05, 0) is 188 Å². The van der Waals surface area contributed by atoms with Gasteiger partial charge in [0, 0.05) is 188 Å². The Morgan fingerprint density at radius 2 is 0.540 bits per heavy atom. The number of benzene rings is 6. The second kappa shape index (κ2) is 25.6. The molecule has 6 nitrogen and oxygen atoms in total. The zero-order valence-corrected chi connectivity index (χ0v) is 64.4. The molecule has 12 heterocycles. The first-order chi connectivity index (χ1) is 48.7. The Morgan fingerprint density at radius 3 is 0.830 bits per heavy atom. The number of pyridine rings is 3. The van der Waals surface area contributed by atoms with Crippen LogP contribution in [0.15, 0.2) is 201 Å². The highest BCUT2D eigenvalue weighted by atomic mass is 32.1. The topological polar surface area (TPSA) is 66.4 Å². The number of hydrogen-bond acceptors (Lipinski definition) is 15. The average molecular weight is 1480 g/mol. The number of hydrogen-bond donors (Lipinski definition) is 0. The Kier molecular flexibility index (Phi) is 16.3. The number of rotatable bonds is 15. The van der Waals surface area contributed by atoms with Crippen LogP contribution in [0.4, 0.5) is 0 Å². The largest absolute Gasteiger partial charge is 1.20 e. The first-order valence-corrected chi connectivity index (χ1v) is 41.7. The monoisotopic (exact) mass is 1470 g/mol. The molecule has 0 N–H and O–H groups in total. The van der Waals surface area contributed by atoms with Gasteiger partial charge < -0.3 is 11.4 Å². The van der Waals surface area contributed by atoms with Crippen molar-refractivity contribution in [2.45, 2.75) is 62.3 Å². The fourth-order valence-corrected chi connectivity index (χ4v) is 25.8. The summed E-state index contributed by atoms with van der Waals surface area (Å²) in [5.41, 5.74) is 17.0. The summed E-state index contributed by atoms with van der Waals surface area (Å²) in [4.78, 5) is 34.5. The molecule has 0 amide bonds. The molecule has 0 aliphatic carbocycles. The standard InChI is InChI=1S/3C28H21NOS3.Al/c3*1-15-13-22(17(3)31-15)28-26(20-7-4-5-9-24(20)33-28)21-14-25(32-16(21)2)18-10-11-23(30)27-19(18)8-6-12-29-27;/h3*4-14,30H,1-3H3;/q;;;+3/p-3. The van der Waals surface area contributed by atoms with E-state index in [-0.39, 0.29) is 0 Å². The number of nitrogens with zero attached hydrogens (tertiary/aromatic N) is 3. The highest BCUT2D eigenvalue weighted by molar-refractivity contribution is 7.25. The van der Waals surface area contributed by atoms with Crippen LogP contribution in [0.25, 0.3) is 159 Å². The molecule has 100 heavy (non-hydrogen) atoms. The van der Waals surface area contributed by atoms with E-state index in [0.29, 0.717) is 33.8 Å². The van der Waals surface area contributed by atoms with E-state index in [2.05, 4.69) is 208 Å². The molecular weight excluding hydrogens is 1410 g/mol. The number of aromatic nitrogens is 3. The maximum Gasteiger partial charge on any atom is 1.20 e. The predicted octanol–water partition coefficient (Wildman–Crippen LogP) is 27.6. The van der Waals surface area contributed by atoms with Gasteiger partial charge in [0.05, 0.1) is 0 Å². The van der Waals surface area contributed by atoms with Crippen LogP contribution >= 0.6 is 102 Å². The van der Waals surface area contributed by atoms with Gasteiger partial charge >= 0.3 is 15.1 Å². The van der Waals surface area contributed by atoms with Crippen LogP contribution in [0.1, 0.15) is 43.9 Å². The van der Waals surface area contributed by atoms with Gasteiger partial charge in [0.1, 0.15) is 33.8 Å². The number of aryl methyl sites for hydroxylation is 9. The van der Waals surface area contributed by atoms with Crippen LogP contribution in [-0.2, 0) is 0 Å². The van der Waals surface area contributed by atoms with E-state index >= 15 is 0 Å². The fourth-order valence-electron chi connectivity index (χ4n) is 14.4. The van der Waals surface area contributed by atoms with Gasteiger partial charge in [-0.1, -0.05) is 72.8 Å². The molecule has 0 unspecified atom stereocenters. The fraction of sp³-hybridized carbons (Fsp3) is 0.107. The summed E-state index contributed by atoms with van der Waals surface area (Å²) in [6.45, 7) is 20.1. The first kappa shape index (κ1) is 63.7. The van der Waals surface area contributed by atoms with E-state index in [1.165, 1.54) is 139 Å². The molecule has 0 saturated heterocycles. The van der Waals surface area contributed by atoms with Crippen molar-refractivity contribution in [1.29, 1.82) is 0 Å². The third-order valence-corrected chi connectivity index (χ3v) is 30.0. The van der Waals surface area contributed by atoms with E-state index in [1.807, 2.05) is 157 Å². The van der Waals surface area contributed by atoms with E-state index in [1.54, 1.807) is 0 Å². The third-order valence-electron chi connectivity index (χ3n) is 18.9. The van der Waals surface area contributed by atoms with Crippen molar-refractivity contribution in [3.05, 3.63) is 244 Å².